The topological polar surface area (TPSA) is 119 Å². The molecule has 0 aliphatic rings. The molecule has 0 bridgehead atoms. The van der Waals surface area contributed by atoms with Gasteiger partial charge in [-0.15, -0.1) is 11.3 Å². The lowest BCUT2D eigenvalue weighted by Gasteiger charge is -2.18. The Morgan fingerprint density at radius 2 is 1.50 bits per heavy atom. The lowest BCUT2D eigenvalue weighted by atomic mass is 10.1. The number of hydrogen-bond donors (Lipinski definition) is 1. The van der Waals surface area contributed by atoms with E-state index in [0.717, 1.165) is 11.3 Å². The van der Waals surface area contributed by atoms with Crippen LogP contribution in [0.15, 0.2) is 29.2 Å². The smallest absolute Gasteiger partial charge is 0.348 e. The van der Waals surface area contributed by atoms with Crippen LogP contribution in [0.4, 0.5) is 5.00 Å². The predicted molar refractivity (Wildman–Crippen MR) is 130 cm³/mol. The van der Waals surface area contributed by atoms with Crippen LogP contribution >= 0.6 is 11.3 Å². The molecule has 0 aliphatic carbocycles. The SMILES string of the molecule is CCOC(=O)c1sc(NCC(=O)c2ccc(S(=O)(=O)N(CC)CC)cc2)c(C(=O)OCC)c1C. The number of nitrogens with zero attached hydrogens (tertiary/aromatic N) is 1. The van der Waals surface area contributed by atoms with Gasteiger partial charge in [-0.3, -0.25) is 4.79 Å². The first-order valence-electron chi connectivity index (χ1n) is 11.0. The molecule has 11 heteroatoms. The zero-order valence-corrected chi connectivity index (χ0v) is 21.6. The molecular formula is C23H30N2O7S2. The van der Waals surface area contributed by atoms with Crippen molar-refractivity contribution in [1.29, 1.82) is 0 Å². The summed E-state index contributed by atoms with van der Waals surface area (Å²) < 4.78 is 36.7. The summed E-state index contributed by atoms with van der Waals surface area (Å²) >= 11 is 1.02. The zero-order chi connectivity index (χ0) is 25.5. The summed E-state index contributed by atoms with van der Waals surface area (Å²) in [6.07, 6.45) is 0. The average Bonchev–Trinajstić information content (AvgIpc) is 3.14. The molecule has 0 fully saturated rings. The molecule has 0 unspecified atom stereocenters. The van der Waals surface area contributed by atoms with Gasteiger partial charge < -0.3 is 14.8 Å². The fourth-order valence-corrected chi connectivity index (χ4v) is 5.81. The Bertz CT molecular complexity index is 1130. The summed E-state index contributed by atoms with van der Waals surface area (Å²) in [6, 6.07) is 5.71. The highest BCUT2D eigenvalue weighted by Crippen LogP contribution is 2.34. The van der Waals surface area contributed by atoms with E-state index in [-0.39, 0.29) is 40.9 Å². The van der Waals surface area contributed by atoms with Crippen molar-refractivity contribution in [3.8, 4) is 0 Å². The maximum atomic E-state index is 12.7. The Morgan fingerprint density at radius 3 is 2.03 bits per heavy atom. The van der Waals surface area contributed by atoms with Crippen molar-refractivity contribution in [1.82, 2.24) is 4.31 Å². The van der Waals surface area contributed by atoms with E-state index < -0.39 is 22.0 Å². The van der Waals surface area contributed by atoms with Gasteiger partial charge in [0.2, 0.25) is 10.0 Å². The molecule has 1 aromatic heterocycles. The van der Waals surface area contributed by atoms with E-state index in [4.69, 9.17) is 9.47 Å². The molecule has 0 saturated carbocycles. The van der Waals surface area contributed by atoms with Gasteiger partial charge in [0.05, 0.1) is 30.2 Å². The summed E-state index contributed by atoms with van der Waals surface area (Å²) in [5.41, 5.74) is 0.911. The molecule has 0 saturated heterocycles. The van der Waals surface area contributed by atoms with Crippen molar-refractivity contribution in [2.75, 3.05) is 38.2 Å². The van der Waals surface area contributed by atoms with Crippen molar-refractivity contribution in [2.24, 2.45) is 0 Å². The van der Waals surface area contributed by atoms with Gasteiger partial charge in [0, 0.05) is 18.7 Å². The Balaban J connectivity index is 2.24. The summed E-state index contributed by atoms with van der Waals surface area (Å²) in [7, 11) is -3.62. The third-order valence-corrected chi connectivity index (χ3v) is 8.31. The van der Waals surface area contributed by atoms with Gasteiger partial charge >= 0.3 is 11.9 Å². The standard InChI is InChI=1S/C23H30N2O7S2/c1-6-25(7-2)34(29,30)17-12-10-16(11-13-17)18(26)14-24-21-19(22(27)31-8-3)15(5)20(33-21)23(28)32-9-4/h10-13,24H,6-9,14H2,1-5H3. The molecule has 186 valence electrons. The highest BCUT2D eigenvalue weighted by Gasteiger charge is 2.27. The van der Waals surface area contributed by atoms with Gasteiger partial charge in [0.1, 0.15) is 9.88 Å². The second-order valence-corrected chi connectivity index (χ2v) is 10.1. The van der Waals surface area contributed by atoms with Crippen LogP contribution < -0.4 is 5.32 Å². The Hall–Kier alpha value is -2.76. The quantitative estimate of drug-likeness (QED) is 0.339. The Labute approximate surface area is 204 Å². The number of rotatable bonds is 12. The van der Waals surface area contributed by atoms with E-state index in [9.17, 15) is 22.8 Å². The molecule has 9 nitrogen and oxygen atoms in total. The molecule has 2 aromatic rings. The van der Waals surface area contributed by atoms with E-state index >= 15 is 0 Å². The van der Waals surface area contributed by atoms with E-state index in [1.54, 1.807) is 34.6 Å². The summed E-state index contributed by atoms with van der Waals surface area (Å²) in [5, 5.41) is 3.25. The molecule has 2 rings (SSSR count). The van der Waals surface area contributed by atoms with Crippen LogP contribution in [-0.2, 0) is 19.5 Å². The molecule has 0 amide bonds. The second-order valence-electron chi connectivity index (χ2n) is 7.09. The molecule has 34 heavy (non-hydrogen) atoms. The first-order valence-corrected chi connectivity index (χ1v) is 13.2. The number of ketones is 1. The Kier molecular flexibility index (Phi) is 9.77. The van der Waals surface area contributed by atoms with Crippen LogP contribution in [-0.4, -0.2) is 63.3 Å². The van der Waals surface area contributed by atoms with Crippen molar-refractivity contribution >= 4 is 44.1 Å². The number of ether oxygens (including phenoxy) is 2. The first kappa shape index (κ1) is 27.5. The third-order valence-electron chi connectivity index (χ3n) is 5.02. The number of hydrogen-bond acceptors (Lipinski definition) is 9. The zero-order valence-electron chi connectivity index (χ0n) is 20.0. The van der Waals surface area contributed by atoms with E-state index in [2.05, 4.69) is 5.32 Å². The maximum absolute atomic E-state index is 12.7. The number of esters is 2. The van der Waals surface area contributed by atoms with Crippen LogP contribution in [0.2, 0.25) is 0 Å². The van der Waals surface area contributed by atoms with Crippen molar-refractivity contribution < 1.29 is 32.3 Å². The highest BCUT2D eigenvalue weighted by atomic mass is 32.2. The fourth-order valence-electron chi connectivity index (χ4n) is 3.27. The average molecular weight is 511 g/mol. The van der Waals surface area contributed by atoms with Gasteiger partial charge in [-0.05, 0) is 50.6 Å². The van der Waals surface area contributed by atoms with E-state index in [1.807, 2.05) is 0 Å². The maximum Gasteiger partial charge on any atom is 0.348 e. The fraction of sp³-hybridized carbons (Fsp3) is 0.435. The highest BCUT2D eigenvalue weighted by molar-refractivity contribution is 7.89. The van der Waals surface area contributed by atoms with Gasteiger partial charge in [0.15, 0.2) is 5.78 Å². The number of carbonyl (C=O) groups excluding carboxylic acids is 3. The normalized spacial score (nSPS) is 11.4. The van der Waals surface area contributed by atoms with Crippen molar-refractivity contribution in [3.63, 3.8) is 0 Å². The minimum atomic E-state index is -3.62. The van der Waals surface area contributed by atoms with Gasteiger partial charge in [-0.1, -0.05) is 13.8 Å². The van der Waals surface area contributed by atoms with Gasteiger partial charge in [0.25, 0.3) is 0 Å². The van der Waals surface area contributed by atoms with Crippen LogP contribution in [0.25, 0.3) is 0 Å². The number of nitrogens with one attached hydrogen (secondary N) is 1. The van der Waals surface area contributed by atoms with Crippen LogP contribution in [0.3, 0.4) is 0 Å². The monoisotopic (exact) mass is 510 g/mol. The van der Waals surface area contributed by atoms with Crippen molar-refractivity contribution in [3.05, 3.63) is 45.8 Å². The number of carbonyl (C=O) groups is 3. The number of anilines is 1. The lowest BCUT2D eigenvalue weighted by Crippen LogP contribution is -2.30. The summed E-state index contributed by atoms with van der Waals surface area (Å²) in [5.74, 6) is -1.47. The van der Waals surface area contributed by atoms with E-state index in [0.29, 0.717) is 29.2 Å². The Morgan fingerprint density at radius 1 is 0.941 bits per heavy atom. The molecule has 0 atom stereocenters. The molecule has 0 radical (unpaired) electrons. The lowest BCUT2D eigenvalue weighted by molar-refractivity contribution is 0.0527. The summed E-state index contributed by atoms with van der Waals surface area (Å²) in [4.78, 5) is 37.8. The minimum absolute atomic E-state index is 0.110. The predicted octanol–water partition coefficient (Wildman–Crippen LogP) is 3.74. The largest absolute Gasteiger partial charge is 0.462 e. The number of Topliss-reactive ketones (excluding diaryl/α,β-unsaturated/α-hetero) is 1. The molecule has 1 N–H and O–H groups in total. The first-order chi connectivity index (χ1) is 16.1. The van der Waals surface area contributed by atoms with E-state index in [1.165, 1.54) is 28.6 Å². The molecule has 1 heterocycles. The van der Waals surface area contributed by atoms with Crippen molar-refractivity contribution in [2.45, 2.75) is 39.5 Å². The minimum Gasteiger partial charge on any atom is -0.462 e. The van der Waals surface area contributed by atoms with Gasteiger partial charge in [-0.2, -0.15) is 4.31 Å². The number of benzene rings is 1. The number of sulfonamides is 1. The molecule has 0 spiro atoms. The van der Waals surface area contributed by atoms with Gasteiger partial charge in [-0.25, -0.2) is 18.0 Å². The molecular weight excluding hydrogens is 480 g/mol. The molecule has 1 aromatic carbocycles. The third kappa shape index (κ3) is 6.02. The van der Waals surface area contributed by atoms with Crippen LogP contribution in [0.1, 0.15) is 63.6 Å². The van der Waals surface area contributed by atoms with Crippen LogP contribution in [0, 0.1) is 6.92 Å². The second kappa shape index (κ2) is 12.1. The van der Waals surface area contributed by atoms with Crippen LogP contribution in [0.5, 0.6) is 0 Å². The summed E-state index contributed by atoms with van der Waals surface area (Å²) in [6.45, 7) is 9.37. The number of thiophene rings is 1. The molecule has 0 aliphatic heterocycles.